The van der Waals surface area contributed by atoms with Crippen molar-refractivity contribution in [1.29, 1.82) is 0 Å². The zero-order valence-corrected chi connectivity index (χ0v) is 18.5. The molecular formula is C22H49OP. The van der Waals surface area contributed by atoms with Crippen LogP contribution in [-0.4, -0.2) is 30.6 Å². The fourth-order valence-electron chi connectivity index (χ4n) is 3.63. The normalized spacial score (nSPS) is 11.5. The van der Waals surface area contributed by atoms with Crippen LogP contribution in [0, 0.1) is 0 Å². The van der Waals surface area contributed by atoms with Crippen LogP contribution >= 0.6 is 7.26 Å². The molecular weight excluding hydrogens is 311 g/mol. The molecule has 0 aliphatic rings. The highest BCUT2D eigenvalue weighted by atomic mass is 31.2. The molecule has 1 N–H and O–H groups in total. The molecule has 0 saturated carbocycles. The zero-order chi connectivity index (χ0) is 17.2. The second-order valence-electron chi connectivity index (χ2n) is 8.03. The summed E-state index contributed by atoms with van der Waals surface area (Å²) < 4.78 is 0. The molecule has 0 aliphatic heterocycles. The minimum absolute atomic E-state index is 0. The lowest BCUT2D eigenvalue weighted by molar-refractivity contribution is 0.644. The van der Waals surface area contributed by atoms with Crippen molar-refractivity contribution in [1.82, 2.24) is 0 Å². The molecule has 148 valence electrons. The lowest BCUT2D eigenvalue weighted by atomic mass is 10.2. The molecule has 0 aromatic carbocycles. The zero-order valence-electron chi connectivity index (χ0n) is 17.6. The van der Waals surface area contributed by atoms with E-state index < -0.39 is 7.26 Å². The van der Waals surface area contributed by atoms with E-state index in [9.17, 15) is 0 Å². The maximum Gasteiger partial charge on any atom is 0.0591 e. The second-order valence-corrected chi connectivity index (χ2v) is 12.6. The highest BCUT2D eigenvalue weighted by molar-refractivity contribution is 7.75. The lowest BCUT2D eigenvalue weighted by Gasteiger charge is -2.23. The van der Waals surface area contributed by atoms with Gasteiger partial charge in [-0.25, -0.2) is 0 Å². The molecule has 1 nitrogen and oxygen atoms in total. The van der Waals surface area contributed by atoms with E-state index in [1.54, 1.807) is 18.5 Å². The summed E-state index contributed by atoms with van der Waals surface area (Å²) in [5, 5.41) is 0. The van der Waals surface area contributed by atoms with E-state index in [2.05, 4.69) is 27.4 Å². The van der Waals surface area contributed by atoms with Crippen LogP contribution in [0.5, 0.6) is 0 Å². The van der Waals surface area contributed by atoms with Gasteiger partial charge in [-0.3, -0.25) is 0 Å². The number of hydrogen-bond donors (Lipinski definition) is 0. The Bertz CT molecular complexity index is 194. The maximum absolute atomic E-state index is 2.71. The molecule has 0 radical (unpaired) electrons. The van der Waals surface area contributed by atoms with E-state index >= 15 is 0 Å². The summed E-state index contributed by atoms with van der Waals surface area (Å²) in [5.74, 6) is 0. The van der Waals surface area contributed by atoms with Gasteiger partial charge in [0.25, 0.3) is 0 Å². The molecule has 0 aromatic heterocycles. The van der Waals surface area contributed by atoms with E-state index in [-0.39, 0.29) is 5.48 Å². The van der Waals surface area contributed by atoms with Crippen LogP contribution in [0.15, 0.2) is 0 Å². The van der Waals surface area contributed by atoms with E-state index in [1.807, 2.05) is 0 Å². The van der Waals surface area contributed by atoms with E-state index in [0.29, 0.717) is 0 Å². The van der Waals surface area contributed by atoms with Crippen molar-refractivity contribution < 1.29 is 5.48 Å². The smallest absolute Gasteiger partial charge is 0.0591 e. The van der Waals surface area contributed by atoms with Gasteiger partial charge >= 0.3 is 0 Å². The molecule has 0 spiro atoms. The fraction of sp³-hybridized carbons (Fsp3) is 1.00. The van der Waals surface area contributed by atoms with E-state index in [1.165, 1.54) is 96.3 Å². The molecule has 0 amide bonds. The van der Waals surface area contributed by atoms with Crippen LogP contribution in [0.25, 0.3) is 0 Å². The highest BCUT2D eigenvalue weighted by Gasteiger charge is 2.29. The average molecular weight is 361 g/mol. The Hall–Kier alpha value is 0.390. The first-order valence-corrected chi connectivity index (χ1v) is 13.8. The Morgan fingerprint density at radius 3 is 0.917 bits per heavy atom. The van der Waals surface area contributed by atoms with Gasteiger partial charge in [-0.15, -0.1) is 0 Å². The van der Waals surface area contributed by atoms with E-state index in [4.69, 9.17) is 0 Å². The molecule has 0 aromatic rings. The van der Waals surface area contributed by atoms with Gasteiger partial charge in [-0.1, -0.05) is 78.6 Å². The molecule has 0 aliphatic carbocycles. The summed E-state index contributed by atoms with van der Waals surface area (Å²) in [5.41, 5.74) is 0. The topological polar surface area (TPSA) is 30.0 Å². The van der Waals surface area contributed by atoms with Crippen molar-refractivity contribution >= 4 is 7.26 Å². The standard InChI is InChI=1S/C22H48P.H2O/c1-5-8-11-14-17-20-23(4,21-18-15-12-9-6-2)22-19-16-13-10-7-3;/h5-22H2,1-4H3;1H2/q+1;/p-1. The molecule has 0 heterocycles. The van der Waals surface area contributed by atoms with Crippen molar-refractivity contribution in [2.45, 2.75) is 117 Å². The molecule has 24 heavy (non-hydrogen) atoms. The summed E-state index contributed by atoms with van der Waals surface area (Å²) in [6.07, 6.45) is 26.7. The molecule has 2 heteroatoms. The summed E-state index contributed by atoms with van der Waals surface area (Å²) in [6, 6.07) is 0. The average Bonchev–Trinajstić information content (AvgIpc) is 2.54. The Morgan fingerprint density at radius 1 is 0.417 bits per heavy atom. The van der Waals surface area contributed by atoms with Gasteiger partial charge in [-0.05, 0) is 38.5 Å². The van der Waals surface area contributed by atoms with Gasteiger partial charge in [0.15, 0.2) is 0 Å². The first-order chi connectivity index (χ1) is 11.2. The molecule has 0 saturated heterocycles. The Labute approximate surface area is 155 Å². The van der Waals surface area contributed by atoms with Crippen molar-refractivity contribution in [2.24, 2.45) is 0 Å². The first-order valence-electron chi connectivity index (χ1n) is 11.0. The van der Waals surface area contributed by atoms with Crippen molar-refractivity contribution in [3.63, 3.8) is 0 Å². The minimum atomic E-state index is -0.615. The van der Waals surface area contributed by atoms with Crippen molar-refractivity contribution in [2.75, 3.05) is 25.2 Å². The maximum atomic E-state index is 2.71. The van der Waals surface area contributed by atoms with Gasteiger partial charge in [0.2, 0.25) is 0 Å². The number of rotatable bonds is 18. The van der Waals surface area contributed by atoms with Gasteiger partial charge in [0.1, 0.15) is 0 Å². The summed E-state index contributed by atoms with van der Waals surface area (Å²) in [4.78, 5) is 0. The number of hydrogen-bond acceptors (Lipinski definition) is 1. The van der Waals surface area contributed by atoms with Crippen LogP contribution < -0.4 is 0 Å². The SMILES string of the molecule is CCCCCCC[P+](C)(CCCCCCC)CCCCCCC.[OH-]. The Kier molecular flexibility index (Phi) is 21.9. The monoisotopic (exact) mass is 360 g/mol. The Morgan fingerprint density at radius 2 is 0.667 bits per heavy atom. The van der Waals surface area contributed by atoms with Crippen molar-refractivity contribution in [3.8, 4) is 0 Å². The molecule has 0 fully saturated rings. The summed E-state index contributed by atoms with van der Waals surface area (Å²) >= 11 is 0. The number of unbranched alkanes of at least 4 members (excludes halogenated alkanes) is 12. The second kappa shape index (κ2) is 19.7. The highest BCUT2D eigenvalue weighted by Crippen LogP contribution is 2.57. The Balaban J connectivity index is 0. The summed E-state index contributed by atoms with van der Waals surface area (Å²) in [7, 11) is -0.615. The third-order valence-electron chi connectivity index (χ3n) is 5.40. The minimum Gasteiger partial charge on any atom is -0.870 e. The van der Waals surface area contributed by atoms with Gasteiger partial charge in [0, 0.05) is 13.9 Å². The predicted octanol–water partition coefficient (Wildman–Crippen LogP) is 8.37. The third kappa shape index (κ3) is 17.2. The molecule has 0 rings (SSSR count). The van der Waals surface area contributed by atoms with Crippen LogP contribution in [0.4, 0.5) is 0 Å². The van der Waals surface area contributed by atoms with Crippen LogP contribution in [0.1, 0.15) is 117 Å². The third-order valence-corrected chi connectivity index (χ3v) is 9.59. The largest absolute Gasteiger partial charge is 0.870 e. The molecule has 0 bridgehead atoms. The first kappa shape index (κ1) is 26.6. The molecule has 0 unspecified atom stereocenters. The predicted molar refractivity (Wildman–Crippen MR) is 116 cm³/mol. The van der Waals surface area contributed by atoms with Crippen LogP contribution in [-0.2, 0) is 0 Å². The quantitative estimate of drug-likeness (QED) is 0.178. The van der Waals surface area contributed by atoms with Gasteiger partial charge in [0.05, 0.1) is 18.5 Å². The van der Waals surface area contributed by atoms with Crippen LogP contribution in [0.3, 0.4) is 0 Å². The van der Waals surface area contributed by atoms with E-state index in [0.717, 1.165) is 0 Å². The van der Waals surface area contributed by atoms with Crippen LogP contribution in [0.2, 0.25) is 0 Å². The van der Waals surface area contributed by atoms with Crippen molar-refractivity contribution in [3.05, 3.63) is 0 Å². The molecule has 0 atom stereocenters. The van der Waals surface area contributed by atoms with Gasteiger partial charge < -0.3 is 5.48 Å². The summed E-state index contributed by atoms with van der Waals surface area (Å²) in [6.45, 7) is 9.68. The fourth-order valence-corrected chi connectivity index (χ4v) is 7.26. The van der Waals surface area contributed by atoms with Gasteiger partial charge in [-0.2, -0.15) is 0 Å². The lowest BCUT2D eigenvalue weighted by Crippen LogP contribution is -2.08.